The van der Waals surface area contributed by atoms with Crippen molar-refractivity contribution in [3.05, 3.63) is 24.0 Å². The molecule has 1 saturated carbocycles. The van der Waals surface area contributed by atoms with Crippen molar-refractivity contribution in [3.8, 4) is 5.75 Å². The summed E-state index contributed by atoms with van der Waals surface area (Å²) in [5, 5.41) is 18.7. The van der Waals surface area contributed by atoms with Gasteiger partial charge in [-0.1, -0.05) is 6.92 Å². The molecule has 1 fully saturated rings. The highest BCUT2D eigenvalue weighted by molar-refractivity contribution is 5.77. The second-order valence-corrected chi connectivity index (χ2v) is 5.45. The molecule has 0 aliphatic heterocycles. The molecule has 1 aromatic carbocycles. The first-order chi connectivity index (χ1) is 9.04. The third-order valence-corrected chi connectivity index (χ3v) is 3.95. The first-order valence-electron chi connectivity index (χ1n) is 6.46. The lowest BCUT2D eigenvalue weighted by molar-refractivity contribution is -0.142. The van der Waals surface area contributed by atoms with Crippen LogP contribution in [0.1, 0.15) is 31.5 Å². The molecule has 1 aliphatic carbocycles. The molecular formula is C14H16N2O3. The summed E-state index contributed by atoms with van der Waals surface area (Å²) in [5.41, 5.74) is 1.51. The Morgan fingerprint density at radius 1 is 1.42 bits per heavy atom. The Labute approximate surface area is 110 Å². The molecular weight excluding hydrogens is 244 g/mol. The number of carbonyl (C=O) groups is 1. The van der Waals surface area contributed by atoms with Gasteiger partial charge in [0.15, 0.2) is 0 Å². The van der Waals surface area contributed by atoms with Crippen molar-refractivity contribution in [1.82, 2.24) is 9.97 Å². The van der Waals surface area contributed by atoms with Gasteiger partial charge in [0.2, 0.25) is 0 Å². The number of carboxylic acid groups (broad SMARTS) is 1. The Bertz CT molecular complexity index is 635. The Hall–Kier alpha value is -2.04. The molecule has 1 aromatic heterocycles. The van der Waals surface area contributed by atoms with Crippen LogP contribution in [0.4, 0.5) is 0 Å². The standard InChI is InChI=1S/C14H16N2O3/c1-7-4-9(10(5-7)14(18)19)13-15-11-3-2-8(17)6-12(11)16-13/h2-3,6-7,9-10,17H,4-5H2,1H3,(H,15,16)(H,18,19). The van der Waals surface area contributed by atoms with Crippen molar-refractivity contribution in [2.75, 3.05) is 0 Å². The normalized spacial score (nSPS) is 26.9. The molecule has 3 atom stereocenters. The summed E-state index contributed by atoms with van der Waals surface area (Å²) in [6.07, 6.45) is 1.53. The number of carboxylic acids is 1. The fourth-order valence-electron chi connectivity index (χ4n) is 3.06. The summed E-state index contributed by atoms with van der Waals surface area (Å²) in [7, 11) is 0. The van der Waals surface area contributed by atoms with Gasteiger partial charge in [0.1, 0.15) is 11.6 Å². The number of nitrogens with zero attached hydrogens (tertiary/aromatic N) is 1. The number of aliphatic carboxylic acids is 1. The summed E-state index contributed by atoms with van der Waals surface area (Å²) in [6.45, 7) is 2.07. The van der Waals surface area contributed by atoms with E-state index in [0.717, 1.165) is 23.3 Å². The smallest absolute Gasteiger partial charge is 0.307 e. The van der Waals surface area contributed by atoms with Gasteiger partial charge >= 0.3 is 5.97 Å². The molecule has 3 N–H and O–H groups in total. The Morgan fingerprint density at radius 3 is 2.95 bits per heavy atom. The quantitative estimate of drug-likeness (QED) is 0.774. The maximum Gasteiger partial charge on any atom is 0.307 e. The molecule has 3 unspecified atom stereocenters. The number of imidazole rings is 1. The molecule has 2 aromatic rings. The third kappa shape index (κ3) is 2.05. The minimum Gasteiger partial charge on any atom is -0.508 e. The molecule has 100 valence electrons. The van der Waals surface area contributed by atoms with Crippen LogP contribution in [-0.4, -0.2) is 26.2 Å². The Morgan fingerprint density at radius 2 is 2.21 bits per heavy atom. The third-order valence-electron chi connectivity index (χ3n) is 3.95. The first kappa shape index (κ1) is 12.0. The molecule has 1 aliphatic rings. The number of nitrogens with one attached hydrogen (secondary N) is 1. The van der Waals surface area contributed by atoms with E-state index in [2.05, 4.69) is 16.9 Å². The van der Waals surface area contributed by atoms with Gasteiger partial charge < -0.3 is 15.2 Å². The lowest BCUT2D eigenvalue weighted by Crippen LogP contribution is -2.17. The van der Waals surface area contributed by atoms with Crippen LogP contribution in [0, 0.1) is 11.8 Å². The van der Waals surface area contributed by atoms with Crippen LogP contribution in [0.3, 0.4) is 0 Å². The van der Waals surface area contributed by atoms with E-state index in [1.54, 1.807) is 18.2 Å². The maximum atomic E-state index is 11.3. The highest BCUT2D eigenvalue weighted by atomic mass is 16.4. The monoisotopic (exact) mass is 260 g/mol. The van der Waals surface area contributed by atoms with Crippen LogP contribution in [0.15, 0.2) is 18.2 Å². The first-order valence-corrected chi connectivity index (χ1v) is 6.46. The van der Waals surface area contributed by atoms with E-state index < -0.39 is 5.97 Å². The van der Waals surface area contributed by atoms with Gasteiger partial charge in [-0.2, -0.15) is 0 Å². The van der Waals surface area contributed by atoms with Gasteiger partial charge in [0.05, 0.1) is 17.0 Å². The summed E-state index contributed by atoms with van der Waals surface area (Å²) in [5.74, 6) is 0.103. The van der Waals surface area contributed by atoms with E-state index in [0.29, 0.717) is 12.3 Å². The van der Waals surface area contributed by atoms with Crippen molar-refractivity contribution in [2.24, 2.45) is 11.8 Å². The van der Waals surface area contributed by atoms with E-state index in [1.165, 1.54) is 0 Å². The second-order valence-electron chi connectivity index (χ2n) is 5.45. The Kier molecular flexibility index (Phi) is 2.69. The number of phenols is 1. The number of aromatic amines is 1. The van der Waals surface area contributed by atoms with Crippen LogP contribution < -0.4 is 0 Å². The molecule has 0 spiro atoms. The molecule has 5 heteroatoms. The molecule has 1 heterocycles. The molecule has 5 nitrogen and oxygen atoms in total. The average molecular weight is 260 g/mol. The SMILES string of the molecule is CC1CC(C(=O)O)C(c2nc3ccc(O)cc3[nH]2)C1. The number of rotatable bonds is 2. The van der Waals surface area contributed by atoms with Crippen LogP contribution in [-0.2, 0) is 4.79 Å². The number of benzene rings is 1. The summed E-state index contributed by atoms with van der Waals surface area (Å²) < 4.78 is 0. The van der Waals surface area contributed by atoms with Crippen molar-refractivity contribution in [3.63, 3.8) is 0 Å². The highest BCUT2D eigenvalue weighted by Gasteiger charge is 2.39. The van der Waals surface area contributed by atoms with Gasteiger partial charge in [0, 0.05) is 12.0 Å². The predicted molar refractivity (Wildman–Crippen MR) is 70.0 cm³/mol. The number of aromatic nitrogens is 2. The number of hydrogen-bond acceptors (Lipinski definition) is 3. The summed E-state index contributed by atoms with van der Waals surface area (Å²) >= 11 is 0. The van der Waals surface area contributed by atoms with E-state index in [1.807, 2.05) is 0 Å². The number of H-pyrrole nitrogens is 1. The van der Waals surface area contributed by atoms with Gasteiger partial charge in [-0.15, -0.1) is 0 Å². The number of aromatic hydroxyl groups is 1. The minimum atomic E-state index is -0.752. The van der Waals surface area contributed by atoms with E-state index in [9.17, 15) is 15.0 Å². The molecule has 3 rings (SSSR count). The van der Waals surface area contributed by atoms with E-state index >= 15 is 0 Å². The van der Waals surface area contributed by atoms with E-state index in [-0.39, 0.29) is 17.6 Å². The van der Waals surface area contributed by atoms with Crippen molar-refractivity contribution in [2.45, 2.75) is 25.7 Å². The summed E-state index contributed by atoms with van der Waals surface area (Å²) in [6, 6.07) is 4.93. The zero-order chi connectivity index (χ0) is 13.6. The molecule has 0 radical (unpaired) electrons. The van der Waals surface area contributed by atoms with Crippen LogP contribution in [0.25, 0.3) is 11.0 Å². The van der Waals surface area contributed by atoms with Gasteiger partial charge in [-0.05, 0) is 30.9 Å². The highest BCUT2D eigenvalue weighted by Crippen LogP contribution is 2.42. The molecule has 0 bridgehead atoms. The fourth-order valence-corrected chi connectivity index (χ4v) is 3.06. The fraction of sp³-hybridized carbons (Fsp3) is 0.429. The van der Waals surface area contributed by atoms with Crippen LogP contribution >= 0.6 is 0 Å². The van der Waals surface area contributed by atoms with Crippen molar-refractivity contribution >= 4 is 17.0 Å². The average Bonchev–Trinajstić information content (AvgIpc) is 2.91. The largest absolute Gasteiger partial charge is 0.508 e. The van der Waals surface area contributed by atoms with Gasteiger partial charge in [0.25, 0.3) is 0 Å². The number of fused-ring (bicyclic) bond motifs is 1. The van der Waals surface area contributed by atoms with Gasteiger partial charge in [-0.25, -0.2) is 4.98 Å². The molecule has 0 saturated heterocycles. The lowest BCUT2D eigenvalue weighted by atomic mass is 9.96. The maximum absolute atomic E-state index is 11.3. The minimum absolute atomic E-state index is 0.0676. The van der Waals surface area contributed by atoms with Crippen LogP contribution in [0.2, 0.25) is 0 Å². The second kappa shape index (κ2) is 4.26. The molecule has 0 amide bonds. The Balaban J connectivity index is 2.01. The lowest BCUT2D eigenvalue weighted by Gasteiger charge is -2.12. The zero-order valence-electron chi connectivity index (χ0n) is 10.6. The number of hydrogen-bond donors (Lipinski definition) is 3. The topological polar surface area (TPSA) is 86.2 Å². The zero-order valence-corrected chi connectivity index (χ0v) is 10.6. The van der Waals surface area contributed by atoms with Crippen molar-refractivity contribution < 1.29 is 15.0 Å². The van der Waals surface area contributed by atoms with Gasteiger partial charge in [-0.3, -0.25) is 4.79 Å². The van der Waals surface area contributed by atoms with Crippen LogP contribution in [0.5, 0.6) is 5.75 Å². The van der Waals surface area contributed by atoms with E-state index in [4.69, 9.17) is 0 Å². The predicted octanol–water partition coefficient (Wildman–Crippen LogP) is 2.48. The number of phenolic OH excluding ortho intramolecular Hbond substituents is 1. The molecule has 19 heavy (non-hydrogen) atoms. The van der Waals surface area contributed by atoms with Crippen molar-refractivity contribution in [1.29, 1.82) is 0 Å². The summed E-state index contributed by atoms with van der Waals surface area (Å²) in [4.78, 5) is 18.9.